The lowest BCUT2D eigenvalue weighted by Gasteiger charge is -2.15. The number of alkyl halides is 2. The number of hydrogen-bond acceptors (Lipinski definition) is 5. The van der Waals surface area contributed by atoms with Crippen LogP contribution in [0.4, 0.5) is 8.78 Å². The summed E-state index contributed by atoms with van der Waals surface area (Å²) in [6.07, 6.45) is 2.80. The van der Waals surface area contributed by atoms with Crippen LogP contribution in [0.25, 0.3) is 11.0 Å². The van der Waals surface area contributed by atoms with Gasteiger partial charge >= 0.3 is 5.63 Å². The summed E-state index contributed by atoms with van der Waals surface area (Å²) in [5.41, 5.74) is 1.18. The van der Waals surface area contributed by atoms with Gasteiger partial charge in [-0.2, -0.15) is 8.78 Å². The van der Waals surface area contributed by atoms with Crippen molar-refractivity contribution in [3.63, 3.8) is 0 Å². The Hall–Kier alpha value is -3.82. The SMILES string of the molecule is C/C=C/C(F)(F)c1cc(=O)oc2ccc(Cc3ccc(S(=O)(=O)NCCc4ccccc4OC)cc3)cc12. The molecule has 1 N–H and O–H groups in total. The quantitative estimate of drug-likeness (QED) is 0.210. The molecule has 198 valence electrons. The molecule has 0 amide bonds. The first-order valence-electron chi connectivity index (χ1n) is 11.9. The Labute approximate surface area is 219 Å². The summed E-state index contributed by atoms with van der Waals surface area (Å²) < 4.78 is 67.9. The number of halogens is 2. The van der Waals surface area contributed by atoms with E-state index in [9.17, 15) is 22.0 Å². The standard InChI is InChI=1S/C29H27F2NO5S/c1-3-15-29(30,31)25-19-28(33)37-27-13-10-21(18-24(25)27)17-20-8-11-23(12-9-20)38(34,35)32-16-14-22-6-4-5-7-26(22)36-2/h3-13,15,18-19,32H,14,16-17H2,1-2H3/b15-3+. The third kappa shape index (κ3) is 6.17. The van der Waals surface area contributed by atoms with Gasteiger partial charge in [0, 0.05) is 23.6 Å². The maximum Gasteiger partial charge on any atom is 0.336 e. The Morgan fingerprint density at radius 2 is 1.71 bits per heavy atom. The van der Waals surface area contributed by atoms with Crippen molar-refractivity contribution < 1.29 is 26.4 Å². The lowest BCUT2D eigenvalue weighted by molar-refractivity contribution is 0.0531. The molecule has 4 aromatic rings. The molecule has 1 heterocycles. The highest BCUT2D eigenvalue weighted by Crippen LogP contribution is 2.34. The number of para-hydroxylation sites is 1. The highest BCUT2D eigenvalue weighted by Gasteiger charge is 2.31. The van der Waals surface area contributed by atoms with Crippen molar-refractivity contribution in [2.45, 2.75) is 30.6 Å². The summed E-state index contributed by atoms with van der Waals surface area (Å²) in [5.74, 6) is -2.64. The zero-order chi connectivity index (χ0) is 27.3. The molecule has 6 nitrogen and oxygen atoms in total. The molecule has 0 aliphatic heterocycles. The lowest BCUT2D eigenvalue weighted by Crippen LogP contribution is -2.26. The van der Waals surface area contributed by atoms with Gasteiger partial charge < -0.3 is 9.15 Å². The van der Waals surface area contributed by atoms with E-state index in [1.54, 1.807) is 31.4 Å². The van der Waals surface area contributed by atoms with E-state index in [0.29, 0.717) is 24.2 Å². The van der Waals surface area contributed by atoms with Crippen LogP contribution in [-0.2, 0) is 28.8 Å². The van der Waals surface area contributed by atoms with Crippen molar-refractivity contribution in [2.75, 3.05) is 13.7 Å². The van der Waals surface area contributed by atoms with E-state index in [4.69, 9.17) is 9.15 Å². The summed E-state index contributed by atoms with van der Waals surface area (Å²) in [4.78, 5) is 11.9. The van der Waals surface area contributed by atoms with E-state index in [0.717, 1.165) is 23.3 Å². The van der Waals surface area contributed by atoms with Crippen molar-refractivity contribution >= 4 is 21.0 Å². The van der Waals surface area contributed by atoms with Crippen molar-refractivity contribution in [1.29, 1.82) is 0 Å². The van der Waals surface area contributed by atoms with Crippen LogP contribution >= 0.6 is 0 Å². The fourth-order valence-corrected chi connectivity index (χ4v) is 5.26. The van der Waals surface area contributed by atoms with Crippen LogP contribution in [0.3, 0.4) is 0 Å². The predicted octanol–water partition coefficient (Wildman–Crippen LogP) is 5.58. The number of sulfonamides is 1. The van der Waals surface area contributed by atoms with Gasteiger partial charge in [0.25, 0.3) is 5.92 Å². The number of methoxy groups -OCH3 is 1. The Bertz CT molecular complexity index is 1630. The number of hydrogen-bond donors (Lipinski definition) is 1. The van der Waals surface area contributed by atoms with Crippen LogP contribution in [0.5, 0.6) is 5.75 Å². The van der Waals surface area contributed by atoms with Crippen molar-refractivity contribution in [3.05, 3.63) is 118 Å². The van der Waals surface area contributed by atoms with Crippen molar-refractivity contribution in [1.82, 2.24) is 4.72 Å². The number of ether oxygens (including phenoxy) is 1. The van der Waals surface area contributed by atoms with Crippen LogP contribution in [0, 0.1) is 0 Å². The molecule has 0 fully saturated rings. The van der Waals surface area contributed by atoms with Gasteiger partial charge in [0.2, 0.25) is 10.0 Å². The van der Waals surface area contributed by atoms with Crippen molar-refractivity contribution in [3.8, 4) is 5.75 Å². The Morgan fingerprint density at radius 3 is 2.42 bits per heavy atom. The Kier molecular flexibility index (Phi) is 8.08. The zero-order valence-corrected chi connectivity index (χ0v) is 21.7. The molecule has 9 heteroatoms. The maximum absolute atomic E-state index is 14.7. The van der Waals surface area contributed by atoms with Crippen LogP contribution in [0.15, 0.2) is 99.1 Å². The molecule has 0 saturated heterocycles. The lowest BCUT2D eigenvalue weighted by atomic mass is 9.99. The fraction of sp³-hybridized carbons (Fsp3) is 0.207. The third-order valence-corrected chi connectivity index (χ3v) is 7.54. The molecule has 0 bridgehead atoms. The van der Waals surface area contributed by atoms with Gasteiger partial charge in [0.05, 0.1) is 12.0 Å². The molecule has 0 spiro atoms. The van der Waals surface area contributed by atoms with Crippen LogP contribution in [0.1, 0.15) is 29.2 Å². The molecular weight excluding hydrogens is 512 g/mol. The molecule has 4 rings (SSSR count). The molecule has 3 aromatic carbocycles. The second-order valence-corrected chi connectivity index (χ2v) is 10.5. The molecule has 0 aliphatic rings. The molecule has 1 aromatic heterocycles. The zero-order valence-electron chi connectivity index (χ0n) is 20.9. The van der Waals surface area contributed by atoms with Gasteiger partial charge in [-0.3, -0.25) is 0 Å². The van der Waals surface area contributed by atoms with Crippen molar-refractivity contribution in [2.24, 2.45) is 0 Å². The summed E-state index contributed by atoms with van der Waals surface area (Å²) in [5, 5.41) is 0.142. The van der Waals surface area contributed by atoms with E-state index in [-0.39, 0.29) is 22.4 Å². The van der Waals surface area contributed by atoms with E-state index >= 15 is 0 Å². The van der Waals surface area contributed by atoms with E-state index in [2.05, 4.69) is 4.72 Å². The molecule has 0 unspecified atom stereocenters. The van der Waals surface area contributed by atoms with E-state index < -0.39 is 27.1 Å². The van der Waals surface area contributed by atoms with E-state index in [1.165, 1.54) is 31.2 Å². The molecule has 0 atom stereocenters. The second-order valence-electron chi connectivity index (χ2n) is 8.71. The monoisotopic (exact) mass is 539 g/mol. The smallest absolute Gasteiger partial charge is 0.336 e. The molecule has 0 aliphatic carbocycles. The van der Waals surface area contributed by atoms with Gasteiger partial charge in [-0.25, -0.2) is 17.9 Å². The van der Waals surface area contributed by atoms with Gasteiger partial charge in [-0.15, -0.1) is 0 Å². The van der Waals surface area contributed by atoms with Gasteiger partial charge in [0.15, 0.2) is 0 Å². The van der Waals surface area contributed by atoms with E-state index in [1.807, 2.05) is 24.3 Å². The van der Waals surface area contributed by atoms with Gasteiger partial charge in [-0.05, 0) is 72.9 Å². The Morgan fingerprint density at radius 1 is 1.00 bits per heavy atom. The summed E-state index contributed by atoms with van der Waals surface area (Å²) in [6.45, 7) is 1.69. The average molecular weight is 540 g/mol. The average Bonchev–Trinajstić information content (AvgIpc) is 2.89. The summed E-state index contributed by atoms with van der Waals surface area (Å²) >= 11 is 0. The first-order valence-corrected chi connectivity index (χ1v) is 13.4. The molecule has 0 radical (unpaired) electrons. The topological polar surface area (TPSA) is 85.6 Å². The Balaban J connectivity index is 1.50. The number of fused-ring (bicyclic) bond motifs is 1. The van der Waals surface area contributed by atoms with Crippen LogP contribution < -0.4 is 15.1 Å². The summed E-state index contributed by atoms with van der Waals surface area (Å²) in [7, 11) is -2.15. The largest absolute Gasteiger partial charge is 0.496 e. The fourth-order valence-electron chi connectivity index (χ4n) is 4.23. The highest BCUT2D eigenvalue weighted by atomic mass is 32.2. The molecule has 0 saturated carbocycles. The number of nitrogens with one attached hydrogen (secondary N) is 1. The van der Waals surface area contributed by atoms with Crippen LogP contribution in [0.2, 0.25) is 0 Å². The third-order valence-electron chi connectivity index (χ3n) is 6.06. The first kappa shape index (κ1) is 27.2. The normalized spacial score (nSPS) is 12.3. The van der Waals surface area contributed by atoms with Crippen LogP contribution in [-0.4, -0.2) is 22.1 Å². The minimum Gasteiger partial charge on any atom is -0.496 e. The second kappa shape index (κ2) is 11.3. The highest BCUT2D eigenvalue weighted by molar-refractivity contribution is 7.89. The number of rotatable bonds is 10. The molecular formula is C29H27F2NO5S. The predicted molar refractivity (Wildman–Crippen MR) is 142 cm³/mol. The van der Waals surface area contributed by atoms with Gasteiger partial charge in [-0.1, -0.05) is 42.5 Å². The van der Waals surface area contributed by atoms with Gasteiger partial charge in [0.1, 0.15) is 11.3 Å². The minimum atomic E-state index is -3.72. The number of allylic oxidation sites excluding steroid dienone is 2. The maximum atomic E-state index is 14.7. The number of benzene rings is 3. The summed E-state index contributed by atoms with van der Waals surface area (Å²) in [6, 6.07) is 19.3. The first-order chi connectivity index (χ1) is 18.1. The minimum absolute atomic E-state index is 0.0704. The molecule has 38 heavy (non-hydrogen) atoms.